The fraction of sp³-hybridized carbons (Fsp3) is 0.875. The molecule has 0 atom stereocenters. The number of aliphatic carboxylic acids is 1. The maximum Gasteiger partial charge on any atom is 0.375 e. The maximum atomic E-state index is 12.5. The van der Waals surface area contributed by atoms with E-state index in [2.05, 4.69) is 5.32 Å². The summed E-state index contributed by atoms with van der Waals surface area (Å²) in [5.41, 5.74) is 0. The minimum Gasteiger partial charge on any atom is -0.477 e. The van der Waals surface area contributed by atoms with Crippen LogP contribution in [0.25, 0.3) is 0 Å². The zero-order valence-electron chi connectivity index (χ0n) is 7.54. The number of carboxylic acid groups (broad SMARTS) is 1. The molecular weight excluding hydrogens is 196 g/mol. The summed E-state index contributed by atoms with van der Waals surface area (Å²) in [6.45, 7) is -0.779. The van der Waals surface area contributed by atoms with Crippen molar-refractivity contribution in [2.45, 2.75) is 24.8 Å². The van der Waals surface area contributed by atoms with Gasteiger partial charge in [-0.25, -0.2) is 4.79 Å². The number of aliphatic hydroxyl groups excluding tert-OH is 1. The Kier molecular flexibility index (Phi) is 3.38. The van der Waals surface area contributed by atoms with Gasteiger partial charge in [-0.3, -0.25) is 0 Å². The number of carboxylic acids is 1. The zero-order valence-corrected chi connectivity index (χ0v) is 7.54. The summed E-state index contributed by atoms with van der Waals surface area (Å²) in [6.07, 6.45) is 1.26. The zero-order chi connectivity index (χ0) is 10.8. The predicted molar refractivity (Wildman–Crippen MR) is 44.2 cm³/mol. The Bertz CT molecular complexity index is 217. The SMILES string of the molecule is O=C(O)C(F)(F)CNC1CC(CO)C1. The van der Waals surface area contributed by atoms with Crippen LogP contribution in [0.2, 0.25) is 0 Å². The molecule has 1 fully saturated rings. The fourth-order valence-corrected chi connectivity index (χ4v) is 1.40. The molecule has 0 bridgehead atoms. The van der Waals surface area contributed by atoms with Gasteiger partial charge in [0.2, 0.25) is 0 Å². The number of nitrogens with one attached hydrogen (secondary N) is 1. The first-order valence-corrected chi connectivity index (χ1v) is 4.41. The average molecular weight is 209 g/mol. The van der Waals surface area contributed by atoms with Crippen molar-refractivity contribution in [3.63, 3.8) is 0 Å². The highest BCUT2D eigenvalue weighted by Gasteiger charge is 2.40. The number of halogens is 2. The lowest BCUT2D eigenvalue weighted by atomic mass is 9.81. The highest BCUT2D eigenvalue weighted by molar-refractivity contribution is 5.75. The van der Waals surface area contributed by atoms with Crippen LogP contribution < -0.4 is 5.32 Å². The molecule has 0 aliphatic heterocycles. The van der Waals surface area contributed by atoms with Crippen LogP contribution in [-0.4, -0.2) is 41.3 Å². The van der Waals surface area contributed by atoms with E-state index in [1.165, 1.54) is 0 Å². The second kappa shape index (κ2) is 4.18. The largest absolute Gasteiger partial charge is 0.477 e. The highest BCUT2D eigenvalue weighted by Crippen LogP contribution is 2.27. The van der Waals surface area contributed by atoms with E-state index in [0.29, 0.717) is 12.8 Å². The van der Waals surface area contributed by atoms with Crippen molar-refractivity contribution in [1.82, 2.24) is 5.32 Å². The smallest absolute Gasteiger partial charge is 0.375 e. The van der Waals surface area contributed by atoms with Crippen LogP contribution in [0.1, 0.15) is 12.8 Å². The molecule has 0 saturated heterocycles. The first-order chi connectivity index (χ1) is 6.45. The first kappa shape index (κ1) is 11.3. The van der Waals surface area contributed by atoms with Crippen LogP contribution in [0.15, 0.2) is 0 Å². The second-order valence-electron chi connectivity index (χ2n) is 3.61. The van der Waals surface area contributed by atoms with Crippen molar-refractivity contribution in [2.24, 2.45) is 5.92 Å². The van der Waals surface area contributed by atoms with Gasteiger partial charge in [-0.2, -0.15) is 8.78 Å². The van der Waals surface area contributed by atoms with E-state index in [1.54, 1.807) is 0 Å². The van der Waals surface area contributed by atoms with E-state index in [-0.39, 0.29) is 18.6 Å². The maximum absolute atomic E-state index is 12.5. The van der Waals surface area contributed by atoms with Gasteiger partial charge in [-0.1, -0.05) is 0 Å². The Hall–Kier alpha value is -0.750. The van der Waals surface area contributed by atoms with Crippen molar-refractivity contribution in [1.29, 1.82) is 0 Å². The molecule has 1 saturated carbocycles. The Morgan fingerprint density at radius 1 is 1.50 bits per heavy atom. The van der Waals surface area contributed by atoms with Crippen molar-refractivity contribution in [3.05, 3.63) is 0 Å². The minimum atomic E-state index is -3.70. The summed E-state index contributed by atoms with van der Waals surface area (Å²) >= 11 is 0. The van der Waals surface area contributed by atoms with Crippen molar-refractivity contribution in [3.8, 4) is 0 Å². The Labute approximate surface area is 79.9 Å². The third kappa shape index (κ3) is 2.62. The number of aliphatic hydroxyl groups is 1. The Morgan fingerprint density at radius 2 is 2.07 bits per heavy atom. The Balaban J connectivity index is 2.19. The third-order valence-corrected chi connectivity index (χ3v) is 2.42. The number of carbonyl (C=O) groups is 1. The molecule has 0 spiro atoms. The minimum absolute atomic E-state index is 0.0630. The fourth-order valence-electron chi connectivity index (χ4n) is 1.40. The molecule has 1 aliphatic carbocycles. The summed E-state index contributed by atoms with van der Waals surface area (Å²) in [4.78, 5) is 10.0. The molecule has 0 amide bonds. The van der Waals surface area contributed by atoms with Crippen LogP contribution in [0.4, 0.5) is 8.78 Å². The number of hydrogen-bond donors (Lipinski definition) is 3. The normalized spacial score (nSPS) is 27.1. The number of hydrogen-bond acceptors (Lipinski definition) is 3. The molecule has 6 heteroatoms. The lowest BCUT2D eigenvalue weighted by molar-refractivity contribution is -0.164. The third-order valence-electron chi connectivity index (χ3n) is 2.42. The van der Waals surface area contributed by atoms with Gasteiger partial charge in [0.05, 0.1) is 6.54 Å². The monoisotopic (exact) mass is 209 g/mol. The van der Waals surface area contributed by atoms with Crippen molar-refractivity contribution in [2.75, 3.05) is 13.2 Å². The van der Waals surface area contributed by atoms with E-state index in [1.807, 2.05) is 0 Å². The van der Waals surface area contributed by atoms with Gasteiger partial charge in [-0.05, 0) is 18.8 Å². The molecule has 0 aromatic carbocycles. The molecule has 14 heavy (non-hydrogen) atoms. The standard InChI is InChI=1S/C8H13F2NO3/c9-8(10,7(13)14)4-11-6-1-5(2-6)3-12/h5-6,11-12H,1-4H2,(H,13,14). The molecule has 1 rings (SSSR count). The molecule has 0 radical (unpaired) electrons. The quantitative estimate of drug-likeness (QED) is 0.599. The molecule has 4 nitrogen and oxygen atoms in total. The van der Waals surface area contributed by atoms with Gasteiger partial charge in [0.15, 0.2) is 0 Å². The van der Waals surface area contributed by atoms with Crippen LogP contribution in [0, 0.1) is 5.92 Å². The topological polar surface area (TPSA) is 69.6 Å². The van der Waals surface area contributed by atoms with Gasteiger partial charge < -0.3 is 15.5 Å². The van der Waals surface area contributed by atoms with Crippen molar-refractivity contribution >= 4 is 5.97 Å². The second-order valence-corrected chi connectivity index (χ2v) is 3.61. The van der Waals surface area contributed by atoms with Crippen LogP contribution >= 0.6 is 0 Å². The van der Waals surface area contributed by atoms with Gasteiger partial charge in [0.1, 0.15) is 0 Å². The van der Waals surface area contributed by atoms with E-state index in [0.717, 1.165) is 0 Å². The number of rotatable bonds is 5. The summed E-state index contributed by atoms with van der Waals surface area (Å²) in [5, 5.41) is 19.2. The molecule has 0 unspecified atom stereocenters. The number of alkyl halides is 2. The summed E-state index contributed by atoms with van der Waals surface area (Å²) < 4.78 is 25.1. The first-order valence-electron chi connectivity index (χ1n) is 4.41. The van der Waals surface area contributed by atoms with Gasteiger partial charge in [-0.15, -0.1) is 0 Å². The molecule has 3 N–H and O–H groups in total. The van der Waals surface area contributed by atoms with Gasteiger partial charge in [0, 0.05) is 12.6 Å². The average Bonchev–Trinajstić information content (AvgIpc) is 2.01. The van der Waals surface area contributed by atoms with Crippen LogP contribution in [0.5, 0.6) is 0 Å². The summed E-state index contributed by atoms with van der Waals surface area (Å²) in [6, 6.07) is -0.0858. The molecule has 0 aromatic heterocycles. The molecule has 0 aromatic rings. The molecular formula is C8H13F2NO3. The van der Waals surface area contributed by atoms with Crippen LogP contribution in [0.3, 0.4) is 0 Å². The molecule has 82 valence electrons. The van der Waals surface area contributed by atoms with E-state index in [4.69, 9.17) is 10.2 Å². The van der Waals surface area contributed by atoms with Crippen LogP contribution in [-0.2, 0) is 4.79 Å². The summed E-state index contributed by atoms with van der Waals surface area (Å²) in [7, 11) is 0. The van der Waals surface area contributed by atoms with E-state index >= 15 is 0 Å². The van der Waals surface area contributed by atoms with E-state index in [9.17, 15) is 13.6 Å². The van der Waals surface area contributed by atoms with Gasteiger partial charge in [0.25, 0.3) is 0 Å². The van der Waals surface area contributed by atoms with Crippen molar-refractivity contribution < 1.29 is 23.8 Å². The predicted octanol–water partition coefficient (Wildman–Crippen LogP) is 0.0668. The summed E-state index contributed by atoms with van der Waals surface area (Å²) in [5.74, 6) is -5.64. The lowest BCUT2D eigenvalue weighted by Gasteiger charge is -2.35. The molecule has 1 aliphatic rings. The molecule has 0 heterocycles. The highest BCUT2D eigenvalue weighted by atomic mass is 19.3. The Morgan fingerprint density at radius 3 is 2.50 bits per heavy atom. The van der Waals surface area contributed by atoms with E-state index < -0.39 is 18.4 Å². The van der Waals surface area contributed by atoms with Gasteiger partial charge >= 0.3 is 11.9 Å². The lowest BCUT2D eigenvalue weighted by Crippen LogP contribution is -2.49.